The van der Waals surface area contributed by atoms with Crippen LogP contribution in [0.2, 0.25) is 0 Å². The summed E-state index contributed by atoms with van der Waals surface area (Å²) in [6.07, 6.45) is 3.08. The molecule has 0 radical (unpaired) electrons. The lowest BCUT2D eigenvalue weighted by Crippen LogP contribution is -2.36. The maximum atomic E-state index is 12.4. The predicted molar refractivity (Wildman–Crippen MR) is 77.4 cm³/mol. The zero-order valence-electron chi connectivity index (χ0n) is 12.1. The van der Waals surface area contributed by atoms with E-state index in [9.17, 15) is 4.79 Å². The van der Waals surface area contributed by atoms with Crippen LogP contribution in [0.1, 0.15) is 17.7 Å². The first-order valence-corrected chi connectivity index (χ1v) is 7.22. The van der Waals surface area contributed by atoms with Crippen LogP contribution in [0.5, 0.6) is 0 Å². The topological polar surface area (TPSA) is 56.7 Å². The standard InChI is InChI=1S/C15H23N3O2/c1-13-4-2-5-16-14(13)12-15(20)18-7-3-6-17(8-9-18)10-11-19/h2,4-5,19H,3,6-12H2,1H3. The Morgan fingerprint density at radius 3 is 2.95 bits per heavy atom. The van der Waals surface area contributed by atoms with E-state index in [0.29, 0.717) is 13.0 Å². The maximum Gasteiger partial charge on any atom is 0.228 e. The van der Waals surface area contributed by atoms with Crippen molar-refractivity contribution < 1.29 is 9.90 Å². The third-order valence-corrected chi connectivity index (χ3v) is 3.79. The molecule has 0 aromatic carbocycles. The van der Waals surface area contributed by atoms with Gasteiger partial charge in [-0.25, -0.2) is 0 Å². The number of carbonyl (C=O) groups is 1. The van der Waals surface area contributed by atoms with E-state index in [4.69, 9.17) is 5.11 Å². The molecule has 1 aliphatic rings. The van der Waals surface area contributed by atoms with E-state index in [-0.39, 0.29) is 12.5 Å². The Morgan fingerprint density at radius 1 is 1.35 bits per heavy atom. The molecule has 2 heterocycles. The summed E-state index contributed by atoms with van der Waals surface area (Å²) in [4.78, 5) is 20.8. The van der Waals surface area contributed by atoms with E-state index in [2.05, 4.69) is 9.88 Å². The molecule has 0 atom stereocenters. The van der Waals surface area contributed by atoms with Gasteiger partial charge in [0.1, 0.15) is 0 Å². The molecule has 1 aromatic heterocycles. The van der Waals surface area contributed by atoms with Crippen molar-refractivity contribution in [2.45, 2.75) is 19.8 Å². The molecule has 1 fully saturated rings. The number of aryl methyl sites for hydroxylation is 1. The van der Waals surface area contributed by atoms with Gasteiger partial charge in [0.2, 0.25) is 5.91 Å². The summed E-state index contributed by atoms with van der Waals surface area (Å²) in [5.41, 5.74) is 1.94. The highest BCUT2D eigenvalue weighted by Crippen LogP contribution is 2.09. The number of hydrogen-bond acceptors (Lipinski definition) is 4. The van der Waals surface area contributed by atoms with Gasteiger partial charge in [0.05, 0.1) is 18.7 Å². The number of amides is 1. The highest BCUT2D eigenvalue weighted by molar-refractivity contribution is 5.78. The lowest BCUT2D eigenvalue weighted by atomic mass is 10.1. The number of pyridine rings is 1. The van der Waals surface area contributed by atoms with Gasteiger partial charge in [-0.05, 0) is 31.5 Å². The quantitative estimate of drug-likeness (QED) is 0.868. The number of aliphatic hydroxyl groups excluding tert-OH is 1. The van der Waals surface area contributed by atoms with Gasteiger partial charge in [0.25, 0.3) is 0 Å². The average Bonchev–Trinajstić information content (AvgIpc) is 2.67. The third-order valence-electron chi connectivity index (χ3n) is 3.79. The molecule has 20 heavy (non-hydrogen) atoms. The number of aromatic nitrogens is 1. The van der Waals surface area contributed by atoms with Crippen LogP contribution in [0.25, 0.3) is 0 Å². The van der Waals surface area contributed by atoms with Crippen LogP contribution in [0, 0.1) is 6.92 Å². The summed E-state index contributed by atoms with van der Waals surface area (Å²) in [5.74, 6) is 0.151. The lowest BCUT2D eigenvalue weighted by Gasteiger charge is -2.21. The molecule has 1 N–H and O–H groups in total. The molecule has 0 unspecified atom stereocenters. The summed E-state index contributed by atoms with van der Waals surface area (Å²) >= 11 is 0. The second-order valence-electron chi connectivity index (χ2n) is 5.24. The first-order valence-electron chi connectivity index (χ1n) is 7.22. The molecule has 1 saturated heterocycles. The average molecular weight is 277 g/mol. The van der Waals surface area contributed by atoms with Crippen LogP contribution < -0.4 is 0 Å². The molecular weight excluding hydrogens is 254 g/mol. The summed E-state index contributed by atoms with van der Waals surface area (Å²) in [7, 11) is 0. The third kappa shape index (κ3) is 4.02. The van der Waals surface area contributed by atoms with Crippen LogP contribution in [-0.4, -0.2) is 65.1 Å². The molecule has 5 heteroatoms. The van der Waals surface area contributed by atoms with Crippen LogP contribution >= 0.6 is 0 Å². The minimum absolute atomic E-state index is 0.151. The predicted octanol–water partition coefficient (Wildman–Crippen LogP) is 0.459. The monoisotopic (exact) mass is 277 g/mol. The fourth-order valence-corrected chi connectivity index (χ4v) is 2.54. The highest BCUT2D eigenvalue weighted by Gasteiger charge is 2.19. The molecule has 1 aliphatic heterocycles. The van der Waals surface area contributed by atoms with Crippen molar-refractivity contribution in [2.24, 2.45) is 0 Å². The smallest absolute Gasteiger partial charge is 0.228 e. The molecular formula is C15H23N3O2. The number of hydrogen-bond donors (Lipinski definition) is 1. The molecule has 1 amide bonds. The van der Waals surface area contributed by atoms with Gasteiger partial charge in [-0.3, -0.25) is 14.7 Å². The first-order chi connectivity index (χ1) is 9.70. The highest BCUT2D eigenvalue weighted by atomic mass is 16.3. The molecule has 0 aliphatic carbocycles. The Labute approximate surface area is 120 Å². The van der Waals surface area contributed by atoms with Gasteiger partial charge in [-0.1, -0.05) is 6.07 Å². The van der Waals surface area contributed by atoms with Gasteiger partial charge < -0.3 is 10.0 Å². The van der Waals surface area contributed by atoms with E-state index < -0.39 is 0 Å². The SMILES string of the molecule is Cc1cccnc1CC(=O)N1CCCN(CCO)CC1. The molecule has 110 valence electrons. The number of aliphatic hydroxyl groups is 1. The summed E-state index contributed by atoms with van der Waals surface area (Å²) in [5, 5.41) is 8.98. The maximum absolute atomic E-state index is 12.4. The van der Waals surface area contributed by atoms with Crippen LogP contribution in [0.15, 0.2) is 18.3 Å². The molecule has 0 spiro atoms. The number of nitrogens with zero attached hydrogens (tertiary/aromatic N) is 3. The molecule has 5 nitrogen and oxygen atoms in total. The van der Waals surface area contributed by atoms with Crippen LogP contribution in [0.4, 0.5) is 0 Å². The number of rotatable bonds is 4. The Hall–Kier alpha value is -1.46. The zero-order valence-corrected chi connectivity index (χ0v) is 12.1. The minimum atomic E-state index is 0.151. The summed E-state index contributed by atoms with van der Waals surface area (Å²) < 4.78 is 0. The van der Waals surface area contributed by atoms with Crippen LogP contribution in [-0.2, 0) is 11.2 Å². The van der Waals surface area contributed by atoms with Crippen molar-refractivity contribution in [3.8, 4) is 0 Å². The largest absolute Gasteiger partial charge is 0.395 e. The van der Waals surface area contributed by atoms with Crippen molar-refractivity contribution >= 4 is 5.91 Å². The Balaban J connectivity index is 1.91. The van der Waals surface area contributed by atoms with Gasteiger partial charge >= 0.3 is 0 Å². The molecule has 2 rings (SSSR count). The van der Waals surface area contributed by atoms with E-state index >= 15 is 0 Å². The molecule has 0 bridgehead atoms. The Bertz CT molecular complexity index is 450. The second kappa shape index (κ2) is 7.36. The van der Waals surface area contributed by atoms with Gasteiger partial charge in [-0.15, -0.1) is 0 Å². The van der Waals surface area contributed by atoms with Gasteiger partial charge in [0, 0.05) is 32.4 Å². The normalized spacial score (nSPS) is 17.0. The first kappa shape index (κ1) is 14.9. The van der Waals surface area contributed by atoms with Crippen molar-refractivity contribution in [3.63, 3.8) is 0 Å². The fourth-order valence-electron chi connectivity index (χ4n) is 2.54. The summed E-state index contributed by atoms with van der Waals surface area (Å²) in [6.45, 7) is 6.20. The Morgan fingerprint density at radius 2 is 2.20 bits per heavy atom. The molecule has 0 saturated carbocycles. The minimum Gasteiger partial charge on any atom is -0.395 e. The van der Waals surface area contributed by atoms with Crippen molar-refractivity contribution in [1.29, 1.82) is 0 Å². The van der Waals surface area contributed by atoms with E-state index in [1.54, 1.807) is 6.20 Å². The summed E-state index contributed by atoms with van der Waals surface area (Å²) in [6, 6.07) is 3.88. The van der Waals surface area contributed by atoms with E-state index in [1.165, 1.54) is 0 Å². The van der Waals surface area contributed by atoms with E-state index in [1.807, 2.05) is 24.0 Å². The second-order valence-corrected chi connectivity index (χ2v) is 5.24. The van der Waals surface area contributed by atoms with E-state index in [0.717, 1.165) is 43.9 Å². The van der Waals surface area contributed by atoms with Crippen molar-refractivity contribution in [1.82, 2.24) is 14.8 Å². The fraction of sp³-hybridized carbons (Fsp3) is 0.600. The number of β-amino-alcohol motifs (C(OH)–C–C–N with tert-alkyl or cyclic N) is 1. The lowest BCUT2D eigenvalue weighted by molar-refractivity contribution is -0.130. The van der Waals surface area contributed by atoms with Gasteiger partial charge in [0.15, 0.2) is 0 Å². The zero-order chi connectivity index (χ0) is 14.4. The Kier molecular flexibility index (Phi) is 5.49. The van der Waals surface area contributed by atoms with Crippen molar-refractivity contribution in [2.75, 3.05) is 39.3 Å². The molecule has 1 aromatic rings. The van der Waals surface area contributed by atoms with Crippen molar-refractivity contribution in [3.05, 3.63) is 29.6 Å². The van der Waals surface area contributed by atoms with Gasteiger partial charge in [-0.2, -0.15) is 0 Å². The van der Waals surface area contributed by atoms with Crippen LogP contribution in [0.3, 0.4) is 0 Å². The number of carbonyl (C=O) groups excluding carboxylic acids is 1.